The lowest BCUT2D eigenvalue weighted by Crippen LogP contribution is -2.41. The number of likely N-dealkylation sites (N-methyl/N-ethyl adjacent to an activating group) is 2. The van der Waals surface area contributed by atoms with Gasteiger partial charge in [0.25, 0.3) is 0 Å². The molecule has 0 aromatic heterocycles. The number of nitrogens with zero attached hydrogens (tertiary/aromatic N) is 2. The van der Waals surface area contributed by atoms with Crippen molar-refractivity contribution < 1.29 is 32.3 Å². The number of hydrogen-bond donors (Lipinski definition) is 2. The quantitative estimate of drug-likeness (QED) is 0.251. The van der Waals surface area contributed by atoms with Gasteiger partial charge >= 0.3 is 0 Å². The van der Waals surface area contributed by atoms with E-state index in [4.69, 9.17) is 4.74 Å². The number of aliphatic hydroxyl groups excluding tert-OH is 2. The average molecular weight is 521 g/mol. The van der Waals surface area contributed by atoms with Crippen molar-refractivity contribution >= 4 is 9.84 Å². The van der Waals surface area contributed by atoms with Gasteiger partial charge in [0.2, 0.25) is 9.84 Å². The molecule has 0 aliphatic carbocycles. The van der Waals surface area contributed by atoms with E-state index >= 15 is 0 Å². The van der Waals surface area contributed by atoms with Crippen LogP contribution < -0.4 is 4.74 Å². The Kier molecular flexibility index (Phi) is 9.22. The van der Waals surface area contributed by atoms with E-state index in [1.54, 1.807) is 12.1 Å². The highest BCUT2D eigenvalue weighted by Crippen LogP contribution is 2.49. The summed E-state index contributed by atoms with van der Waals surface area (Å²) in [6.45, 7) is 5.23. The van der Waals surface area contributed by atoms with E-state index in [1.807, 2.05) is 46.4 Å². The summed E-state index contributed by atoms with van der Waals surface area (Å²) in [5, 5.41) is 18.9. The maximum atomic E-state index is 13.8. The fraction of sp³-hybridized carbons (Fsp3) is 0.571. The van der Waals surface area contributed by atoms with E-state index in [1.165, 1.54) is 0 Å². The van der Waals surface area contributed by atoms with Crippen molar-refractivity contribution in [3.63, 3.8) is 0 Å². The standard InChI is InChI=1S/C28H44N2O5S/c1-6-7-8-9-16-35-25-17-23(21-30(4,5)13-15-32)19-27-28(25)24-11-10-22(18-26(24)36(27,33)34)20-29(2,3)12-14-31/h10-11,17-19,31-32H,6-9,12-16,20-21H2,1-5H3/q+2. The van der Waals surface area contributed by atoms with E-state index in [-0.39, 0.29) is 13.2 Å². The Hall–Kier alpha value is -1.97. The van der Waals surface area contributed by atoms with E-state index in [0.29, 0.717) is 68.4 Å². The number of unbranched alkanes of at least 4 members (excludes halogenated alkanes) is 3. The van der Waals surface area contributed by atoms with Crippen molar-refractivity contribution in [2.75, 3.05) is 61.1 Å². The molecule has 1 aliphatic rings. The lowest BCUT2D eigenvalue weighted by Gasteiger charge is -2.29. The van der Waals surface area contributed by atoms with Gasteiger partial charge in [0.1, 0.15) is 31.9 Å². The Morgan fingerprint density at radius 3 is 2.03 bits per heavy atom. The van der Waals surface area contributed by atoms with Crippen LogP contribution >= 0.6 is 0 Å². The molecule has 0 fully saturated rings. The molecule has 0 unspecified atom stereocenters. The second kappa shape index (κ2) is 11.6. The zero-order valence-corrected chi connectivity index (χ0v) is 23.4. The fourth-order valence-corrected chi connectivity index (χ4v) is 6.73. The average Bonchev–Trinajstić information content (AvgIpc) is 2.99. The number of ether oxygens (including phenoxy) is 1. The molecule has 0 spiro atoms. The second-order valence-electron chi connectivity index (χ2n) is 11.3. The number of rotatable bonds is 14. The minimum Gasteiger partial charge on any atom is -0.493 e. The third-order valence-corrected chi connectivity index (χ3v) is 8.73. The second-order valence-corrected chi connectivity index (χ2v) is 13.2. The van der Waals surface area contributed by atoms with Gasteiger partial charge < -0.3 is 23.9 Å². The summed E-state index contributed by atoms with van der Waals surface area (Å²) in [5.74, 6) is 0.620. The highest BCUT2D eigenvalue weighted by Gasteiger charge is 2.37. The van der Waals surface area contributed by atoms with E-state index in [9.17, 15) is 18.6 Å². The number of hydrogen-bond acceptors (Lipinski definition) is 5. The van der Waals surface area contributed by atoms with Crippen LogP contribution in [0.15, 0.2) is 40.1 Å². The van der Waals surface area contributed by atoms with Gasteiger partial charge in [-0.3, -0.25) is 0 Å². The smallest absolute Gasteiger partial charge is 0.207 e. The SMILES string of the molecule is CCCCCCOc1cc(C[N+](C)(C)CCO)cc2c1-c1ccc(C[N+](C)(C)CCO)cc1S2(=O)=O. The summed E-state index contributed by atoms with van der Waals surface area (Å²) in [6, 6.07) is 9.45. The molecule has 7 nitrogen and oxygen atoms in total. The molecule has 2 aromatic carbocycles. The summed E-state index contributed by atoms with van der Waals surface area (Å²) in [5.41, 5.74) is 3.16. The normalized spacial score (nSPS) is 14.5. The molecule has 1 aliphatic heterocycles. The number of sulfone groups is 1. The van der Waals surface area contributed by atoms with Crippen LogP contribution in [0.4, 0.5) is 0 Å². The van der Waals surface area contributed by atoms with E-state index in [2.05, 4.69) is 6.92 Å². The first-order valence-corrected chi connectivity index (χ1v) is 14.5. The molecule has 0 radical (unpaired) electrons. The fourth-order valence-electron chi connectivity index (χ4n) is 4.94. The Bertz CT molecular complexity index is 1160. The van der Waals surface area contributed by atoms with Gasteiger partial charge in [-0.15, -0.1) is 0 Å². The number of aliphatic hydroxyl groups is 2. The van der Waals surface area contributed by atoms with Crippen LogP contribution in [0.25, 0.3) is 11.1 Å². The number of fused-ring (bicyclic) bond motifs is 3. The van der Waals surface area contributed by atoms with Gasteiger partial charge in [-0.1, -0.05) is 38.3 Å². The largest absolute Gasteiger partial charge is 0.493 e. The lowest BCUT2D eigenvalue weighted by molar-refractivity contribution is -0.903. The predicted octanol–water partition coefficient (Wildman–Crippen LogP) is 3.60. The molecule has 0 atom stereocenters. The minimum absolute atomic E-state index is 0.0659. The molecule has 0 saturated carbocycles. The van der Waals surface area contributed by atoms with Gasteiger partial charge in [0.15, 0.2) is 0 Å². The minimum atomic E-state index is -3.70. The summed E-state index contributed by atoms with van der Waals surface area (Å²) >= 11 is 0. The van der Waals surface area contributed by atoms with E-state index < -0.39 is 9.84 Å². The van der Waals surface area contributed by atoms with Crippen molar-refractivity contribution in [2.24, 2.45) is 0 Å². The molecule has 200 valence electrons. The van der Waals surface area contributed by atoms with Crippen LogP contribution in [0, 0.1) is 0 Å². The van der Waals surface area contributed by atoms with Crippen LogP contribution in [0.3, 0.4) is 0 Å². The van der Waals surface area contributed by atoms with Gasteiger partial charge in [0, 0.05) is 22.3 Å². The zero-order valence-electron chi connectivity index (χ0n) is 22.6. The first-order chi connectivity index (χ1) is 16.9. The van der Waals surface area contributed by atoms with Crippen LogP contribution in [0.1, 0.15) is 43.7 Å². The highest BCUT2D eigenvalue weighted by atomic mass is 32.2. The molecular formula is C28H44N2O5S+2. The van der Waals surface area contributed by atoms with Gasteiger partial charge in [-0.25, -0.2) is 8.42 Å². The Morgan fingerprint density at radius 1 is 0.806 bits per heavy atom. The molecule has 36 heavy (non-hydrogen) atoms. The maximum Gasteiger partial charge on any atom is 0.207 e. The van der Waals surface area contributed by atoms with Crippen molar-refractivity contribution in [3.8, 4) is 16.9 Å². The molecule has 0 bridgehead atoms. The Balaban J connectivity index is 2.04. The van der Waals surface area contributed by atoms with Gasteiger partial charge in [-0.2, -0.15) is 0 Å². The first kappa shape index (κ1) is 28.6. The van der Waals surface area contributed by atoms with Crippen molar-refractivity contribution in [1.82, 2.24) is 0 Å². The molecule has 2 N–H and O–H groups in total. The third-order valence-electron chi connectivity index (χ3n) is 6.91. The molecule has 3 rings (SSSR count). The summed E-state index contributed by atoms with van der Waals surface area (Å²) in [6.07, 6.45) is 4.30. The van der Waals surface area contributed by atoms with Crippen LogP contribution in [0.2, 0.25) is 0 Å². The van der Waals surface area contributed by atoms with Crippen LogP contribution in [-0.4, -0.2) is 88.7 Å². The molecule has 0 amide bonds. The number of benzene rings is 2. The maximum absolute atomic E-state index is 13.8. The lowest BCUT2D eigenvalue weighted by atomic mass is 10.0. The van der Waals surface area contributed by atoms with Crippen LogP contribution in [0.5, 0.6) is 5.75 Å². The highest BCUT2D eigenvalue weighted by molar-refractivity contribution is 7.92. The van der Waals surface area contributed by atoms with E-state index in [0.717, 1.165) is 36.8 Å². The Morgan fingerprint density at radius 2 is 1.42 bits per heavy atom. The Labute approximate surface area is 217 Å². The zero-order chi connectivity index (χ0) is 26.6. The molecular weight excluding hydrogens is 476 g/mol. The van der Waals surface area contributed by atoms with Gasteiger partial charge in [0.05, 0.1) is 57.8 Å². The topological polar surface area (TPSA) is 83.8 Å². The molecule has 8 heteroatoms. The van der Waals surface area contributed by atoms with Crippen molar-refractivity contribution in [3.05, 3.63) is 41.5 Å². The van der Waals surface area contributed by atoms with Crippen molar-refractivity contribution in [2.45, 2.75) is 55.5 Å². The van der Waals surface area contributed by atoms with Crippen molar-refractivity contribution in [1.29, 1.82) is 0 Å². The van der Waals surface area contributed by atoms with Crippen LogP contribution in [-0.2, 0) is 22.9 Å². The molecule has 0 saturated heterocycles. The van der Waals surface area contributed by atoms with Gasteiger partial charge in [-0.05, 0) is 24.6 Å². The molecule has 1 heterocycles. The summed E-state index contributed by atoms with van der Waals surface area (Å²) < 4.78 is 34.9. The first-order valence-electron chi connectivity index (χ1n) is 13.0. The summed E-state index contributed by atoms with van der Waals surface area (Å²) in [7, 11) is 4.40. The third kappa shape index (κ3) is 6.66. The molecule has 2 aromatic rings. The predicted molar refractivity (Wildman–Crippen MR) is 142 cm³/mol. The summed E-state index contributed by atoms with van der Waals surface area (Å²) in [4.78, 5) is 0.639. The number of quaternary nitrogens is 2. The monoisotopic (exact) mass is 520 g/mol.